The Labute approximate surface area is 99.3 Å². The van der Waals surface area contributed by atoms with Gasteiger partial charge in [-0.2, -0.15) is 5.10 Å². The van der Waals surface area contributed by atoms with Crippen LogP contribution in [-0.2, 0) is 19.0 Å². The standard InChI is InChI=1S/C12H15FN4/c1-12(14,7-11-15-8-16-17(11)2)9-5-3-4-6-10(9)13/h3-6,8H,7,14H2,1-2H3. The van der Waals surface area contributed by atoms with Crippen molar-refractivity contribution >= 4 is 0 Å². The minimum absolute atomic E-state index is 0.292. The van der Waals surface area contributed by atoms with Crippen molar-refractivity contribution in [1.29, 1.82) is 0 Å². The average Bonchev–Trinajstić information content (AvgIpc) is 2.64. The van der Waals surface area contributed by atoms with Crippen LogP contribution in [0.15, 0.2) is 30.6 Å². The van der Waals surface area contributed by atoms with Gasteiger partial charge in [0.2, 0.25) is 0 Å². The first-order chi connectivity index (χ1) is 8.00. The summed E-state index contributed by atoms with van der Waals surface area (Å²) in [5.41, 5.74) is 5.87. The van der Waals surface area contributed by atoms with Crippen LogP contribution in [0.1, 0.15) is 18.3 Å². The van der Waals surface area contributed by atoms with E-state index in [0.29, 0.717) is 12.0 Å². The third-order valence-corrected chi connectivity index (χ3v) is 2.82. The zero-order valence-electron chi connectivity index (χ0n) is 9.89. The zero-order chi connectivity index (χ0) is 12.5. The molecule has 0 radical (unpaired) electrons. The lowest BCUT2D eigenvalue weighted by Crippen LogP contribution is -2.37. The molecule has 0 saturated carbocycles. The van der Waals surface area contributed by atoms with Gasteiger partial charge in [-0.3, -0.25) is 4.68 Å². The quantitative estimate of drug-likeness (QED) is 0.872. The molecule has 0 bridgehead atoms. The first-order valence-corrected chi connectivity index (χ1v) is 5.37. The van der Waals surface area contributed by atoms with E-state index in [1.165, 1.54) is 12.4 Å². The van der Waals surface area contributed by atoms with Crippen molar-refractivity contribution in [2.45, 2.75) is 18.9 Å². The monoisotopic (exact) mass is 234 g/mol. The van der Waals surface area contributed by atoms with E-state index in [0.717, 1.165) is 5.82 Å². The fraction of sp³-hybridized carbons (Fsp3) is 0.333. The highest BCUT2D eigenvalue weighted by Gasteiger charge is 2.26. The second kappa shape index (κ2) is 4.25. The predicted octanol–water partition coefficient (Wildman–Crippen LogP) is 1.37. The molecule has 1 atom stereocenters. The van der Waals surface area contributed by atoms with Crippen LogP contribution in [0.5, 0.6) is 0 Å². The molecule has 0 amide bonds. The van der Waals surface area contributed by atoms with Gasteiger partial charge in [0.25, 0.3) is 0 Å². The maximum atomic E-state index is 13.7. The Morgan fingerprint density at radius 2 is 2.12 bits per heavy atom. The van der Waals surface area contributed by atoms with E-state index < -0.39 is 5.54 Å². The number of nitrogens with two attached hydrogens (primary N) is 1. The zero-order valence-corrected chi connectivity index (χ0v) is 9.89. The smallest absolute Gasteiger partial charge is 0.138 e. The molecule has 2 N–H and O–H groups in total. The fourth-order valence-electron chi connectivity index (χ4n) is 1.83. The highest BCUT2D eigenvalue weighted by Crippen LogP contribution is 2.24. The molecule has 0 aliphatic heterocycles. The molecule has 1 aromatic heterocycles. The Morgan fingerprint density at radius 3 is 2.71 bits per heavy atom. The highest BCUT2D eigenvalue weighted by molar-refractivity contribution is 5.26. The van der Waals surface area contributed by atoms with Gasteiger partial charge in [0.05, 0.1) is 0 Å². The molecular weight excluding hydrogens is 219 g/mol. The number of benzene rings is 1. The summed E-state index contributed by atoms with van der Waals surface area (Å²) in [5, 5.41) is 3.97. The number of hydrogen-bond donors (Lipinski definition) is 1. The second-order valence-electron chi connectivity index (χ2n) is 4.37. The van der Waals surface area contributed by atoms with Crippen molar-refractivity contribution in [3.8, 4) is 0 Å². The predicted molar refractivity (Wildman–Crippen MR) is 62.6 cm³/mol. The molecule has 17 heavy (non-hydrogen) atoms. The number of nitrogens with zero attached hydrogens (tertiary/aromatic N) is 3. The first-order valence-electron chi connectivity index (χ1n) is 5.37. The summed E-state index contributed by atoms with van der Waals surface area (Å²) in [6.07, 6.45) is 1.90. The molecule has 0 spiro atoms. The number of aryl methyl sites for hydroxylation is 1. The van der Waals surface area contributed by atoms with Crippen LogP contribution in [0.3, 0.4) is 0 Å². The Morgan fingerprint density at radius 1 is 1.41 bits per heavy atom. The van der Waals surface area contributed by atoms with Gasteiger partial charge in [0, 0.05) is 24.6 Å². The summed E-state index contributed by atoms with van der Waals surface area (Å²) in [4.78, 5) is 4.11. The van der Waals surface area contributed by atoms with Gasteiger partial charge in [0.1, 0.15) is 18.0 Å². The summed E-state index contributed by atoms with van der Waals surface area (Å²) in [5.74, 6) is 0.443. The number of halogens is 1. The van der Waals surface area contributed by atoms with E-state index in [2.05, 4.69) is 10.1 Å². The van der Waals surface area contributed by atoms with Gasteiger partial charge >= 0.3 is 0 Å². The minimum Gasteiger partial charge on any atom is -0.321 e. The van der Waals surface area contributed by atoms with E-state index in [1.807, 2.05) is 0 Å². The fourth-order valence-corrected chi connectivity index (χ4v) is 1.83. The van der Waals surface area contributed by atoms with Crippen molar-refractivity contribution in [1.82, 2.24) is 14.8 Å². The lowest BCUT2D eigenvalue weighted by Gasteiger charge is -2.25. The van der Waals surface area contributed by atoms with Crippen LogP contribution < -0.4 is 5.73 Å². The summed E-state index contributed by atoms with van der Waals surface area (Å²) >= 11 is 0. The third-order valence-electron chi connectivity index (χ3n) is 2.82. The van der Waals surface area contributed by atoms with Crippen molar-refractivity contribution in [3.05, 3.63) is 47.8 Å². The molecule has 1 unspecified atom stereocenters. The van der Waals surface area contributed by atoms with Gasteiger partial charge in [-0.15, -0.1) is 0 Å². The van der Waals surface area contributed by atoms with Crippen LogP contribution >= 0.6 is 0 Å². The Balaban J connectivity index is 2.31. The van der Waals surface area contributed by atoms with Gasteiger partial charge in [-0.1, -0.05) is 18.2 Å². The summed E-state index contributed by atoms with van der Waals surface area (Å²) in [6.45, 7) is 1.79. The molecule has 2 aromatic rings. The molecule has 2 rings (SSSR count). The number of rotatable bonds is 3. The highest BCUT2D eigenvalue weighted by atomic mass is 19.1. The van der Waals surface area contributed by atoms with E-state index in [1.54, 1.807) is 36.9 Å². The lowest BCUT2D eigenvalue weighted by molar-refractivity contribution is 0.438. The average molecular weight is 234 g/mol. The number of hydrogen-bond acceptors (Lipinski definition) is 3. The first kappa shape index (κ1) is 11.7. The molecule has 4 nitrogen and oxygen atoms in total. The van der Waals surface area contributed by atoms with Gasteiger partial charge in [-0.05, 0) is 13.0 Å². The summed E-state index contributed by atoms with van der Waals surface area (Å²) in [7, 11) is 1.79. The van der Waals surface area contributed by atoms with Crippen molar-refractivity contribution in [2.24, 2.45) is 12.8 Å². The molecule has 1 aromatic carbocycles. The van der Waals surface area contributed by atoms with Gasteiger partial charge in [0.15, 0.2) is 0 Å². The van der Waals surface area contributed by atoms with Crippen LogP contribution in [0.2, 0.25) is 0 Å². The van der Waals surface area contributed by atoms with E-state index >= 15 is 0 Å². The summed E-state index contributed by atoms with van der Waals surface area (Å²) < 4.78 is 15.3. The third kappa shape index (κ3) is 2.34. The molecule has 0 aliphatic rings. The largest absolute Gasteiger partial charge is 0.321 e. The molecule has 0 saturated heterocycles. The molecular formula is C12H15FN4. The molecule has 0 fully saturated rings. The minimum atomic E-state index is -0.799. The molecule has 90 valence electrons. The molecule has 1 heterocycles. The SMILES string of the molecule is Cn1ncnc1CC(C)(N)c1ccccc1F. The maximum Gasteiger partial charge on any atom is 0.138 e. The Kier molecular flexibility index (Phi) is 2.93. The lowest BCUT2D eigenvalue weighted by atomic mass is 9.89. The van der Waals surface area contributed by atoms with Crippen molar-refractivity contribution in [2.75, 3.05) is 0 Å². The Bertz CT molecular complexity index is 519. The van der Waals surface area contributed by atoms with Crippen molar-refractivity contribution in [3.63, 3.8) is 0 Å². The van der Waals surface area contributed by atoms with Gasteiger partial charge < -0.3 is 5.73 Å². The molecule has 0 aliphatic carbocycles. The van der Waals surface area contributed by atoms with Gasteiger partial charge in [-0.25, -0.2) is 9.37 Å². The normalized spacial score (nSPS) is 14.6. The topological polar surface area (TPSA) is 56.7 Å². The van der Waals surface area contributed by atoms with Crippen molar-refractivity contribution < 1.29 is 4.39 Å². The van der Waals surface area contributed by atoms with E-state index in [4.69, 9.17) is 5.73 Å². The number of aromatic nitrogens is 3. The molecule has 5 heteroatoms. The summed E-state index contributed by atoms with van der Waals surface area (Å²) in [6, 6.07) is 6.54. The van der Waals surface area contributed by atoms with E-state index in [-0.39, 0.29) is 5.82 Å². The van der Waals surface area contributed by atoms with E-state index in [9.17, 15) is 4.39 Å². The van der Waals surface area contributed by atoms with Crippen LogP contribution in [0, 0.1) is 5.82 Å². The maximum absolute atomic E-state index is 13.7. The van der Waals surface area contributed by atoms with Crippen LogP contribution in [0.4, 0.5) is 4.39 Å². The second-order valence-corrected chi connectivity index (χ2v) is 4.37. The van der Waals surface area contributed by atoms with Crippen LogP contribution in [0.25, 0.3) is 0 Å². The van der Waals surface area contributed by atoms with Crippen LogP contribution in [-0.4, -0.2) is 14.8 Å². The Hall–Kier alpha value is -1.75.